The molecule has 2 nitrogen and oxygen atoms in total. The summed E-state index contributed by atoms with van der Waals surface area (Å²) < 4.78 is 1.18. The second-order valence-corrected chi connectivity index (χ2v) is 9.13. The van der Waals surface area contributed by atoms with E-state index in [2.05, 4.69) is 47.2 Å². The van der Waals surface area contributed by atoms with Crippen molar-refractivity contribution in [2.24, 2.45) is 0 Å². The Morgan fingerprint density at radius 1 is 1.40 bits per heavy atom. The van der Waals surface area contributed by atoms with Crippen LogP contribution in [0, 0.1) is 0 Å². The van der Waals surface area contributed by atoms with Crippen molar-refractivity contribution in [2.45, 2.75) is 45.1 Å². The molecule has 5 heteroatoms. The molecule has 0 spiro atoms. The zero-order valence-electron chi connectivity index (χ0n) is 11.8. The summed E-state index contributed by atoms with van der Waals surface area (Å²) in [6.07, 6.45) is 3.77. The molecule has 3 rings (SSSR count). The second kappa shape index (κ2) is 6.26. The number of hydrogen-bond acceptors (Lipinski definition) is 4. The van der Waals surface area contributed by atoms with Crippen LogP contribution in [0.15, 0.2) is 15.9 Å². The highest BCUT2D eigenvalue weighted by atomic mass is 79.9. The number of aromatic nitrogens is 1. The van der Waals surface area contributed by atoms with Crippen LogP contribution in [0.4, 0.5) is 0 Å². The molecule has 1 N–H and O–H groups in total. The second-order valence-electron chi connectivity index (χ2n) is 5.58. The van der Waals surface area contributed by atoms with E-state index in [-0.39, 0.29) is 0 Å². The Balaban J connectivity index is 1.84. The summed E-state index contributed by atoms with van der Waals surface area (Å²) in [6.45, 7) is 5.47. The van der Waals surface area contributed by atoms with Gasteiger partial charge in [-0.15, -0.1) is 22.7 Å². The predicted molar refractivity (Wildman–Crippen MR) is 91.9 cm³/mol. The van der Waals surface area contributed by atoms with Crippen LogP contribution in [-0.2, 0) is 6.42 Å². The molecule has 0 aliphatic heterocycles. The number of thiophene rings is 1. The van der Waals surface area contributed by atoms with Crippen LogP contribution in [0.25, 0.3) is 9.88 Å². The lowest BCUT2D eigenvalue weighted by Crippen LogP contribution is -2.29. The molecule has 2 aromatic heterocycles. The molecule has 2 aromatic rings. The summed E-state index contributed by atoms with van der Waals surface area (Å²) in [5.41, 5.74) is 1.36. The number of thiazole rings is 1. The third kappa shape index (κ3) is 3.16. The molecule has 0 fully saturated rings. The van der Waals surface area contributed by atoms with Crippen LogP contribution >= 0.6 is 38.6 Å². The minimum Gasteiger partial charge on any atom is -0.314 e. The first-order chi connectivity index (χ1) is 9.63. The van der Waals surface area contributed by atoms with Crippen molar-refractivity contribution in [1.29, 1.82) is 0 Å². The molecule has 0 aromatic carbocycles. The molecule has 20 heavy (non-hydrogen) atoms. The fourth-order valence-corrected chi connectivity index (χ4v) is 5.25. The number of rotatable bonds is 4. The minimum atomic E-state index is 0.548. The highest BCUT2D eigenvalue weighted by Gasteiger charge is 2.25. The Hall–Kier alpha value is -0.230. The first-order valence-corrected chi connectivity index (χ1v) is 9.55. The van der Waals surface area contributed by atoms with Gasteiger partial charge in [0.25, 0.3) is 0 Å². The normalized spacial score (nSPS) is 18.5. The van der Waals surface area contributed by atoms with Gasteiger partial charge in [-0.05, 0) is 47.3 Å². The minimum absolute atomic E-state index is 0.548. The third-order valence-corrected chi connectivity index (χ3v) is 6.55. The fraction of sp³-hybridized carbons (Fsp3) is 0.533. The lowest BCUT2D eigenvalue weighted by Gasteiger charge is -2.22. The summed E-state index contributed by atoms with van der Waals surface area (Å²) in [5.74, 6) is 0.592. The molecule has 0 bridgehead atoms. The fourth-order valence-electron chi connectivity index (χ4n) is 2.62. The van der Waals surface area contributed by atoms with Crippen LogP contribution in [0.1, 0.15) is 43.2 Å². The standard InChI is InChI=1S/C15H19BrN2S2/c1-9(2)17-8-10-4-3-5-11-14(10)18-15(20-11)12-6-7-13(16)19-12/h6-7,9-10,17H,3-5,8H2,1-2H3. The van der Waals surface area contributed by atoms with E-state index in [0.717, 1.165) is 6.54 Å². The van der Waals surface area contributed by atoms with Crippen molar-refractivity contribution in [3.05, 3.63) is 26.5 Å². The van der Waals surface area contributed by atoms with Gasteiger partial charge in [0.2, 0.25) is 0 Å². The predicted octanol–water partition coefficient (Wildman–Crippen LogP) is 5.05. The average molecular weight is 371 g/mol. The van der Waals surface area contributed by atoms with Gasteiger partial charge in [-0.25, -0.2) is 4.98 Å². The van der Waals surface area contributed by atoms with Gasteiger partial charge in [-0.1, -0.05) is 13.8 Å². The molecule has 2 heterocycles. The summed E-state index contributed by atoms with van der Waals surface area (Å²) in [7, 11) is 0. The third-order valence-electron chi connectivity index (χ3n) is 3.63. The Kier molecular flexibility index (Phi) is 4.60. The lowest BCUT2D eigenvalue weighted by atomic mass is 9.91. The number of nitrogens with zero attached hydrogens (tertiary/aromatic N) is 1. The average Bonchev–Trinajstić information content (AvgIpc) is 3.01. The smallest absolute Gasteiger partial charge is 0.133 e. The highest BCUT2D eigenvalue weighted by Crippen LogP contribution is 2.40. The van der Waals surface area contributed by atoms with E-state index in [0.29, 0.717) is 12.0 Å². The van der Waals surface area contributed by atoms with E-state index in [9.17, 15) is 0 Å². The van der Waals surface area contributed by atoms with E-state index < -0.39 is 0 Å². The van der Waals surface area contributed by atoms with Gasteiger partial charge >= 0.3 is 0 Å². The molecule has 0 saturated heterocycles. The topological polar surface area (TPSA) is 24.9 Å². The highest BCUT2D eigenvalue weighted by molar-refractivity contribution is 9.11. The largest absolute Gasteiger partial charge is 0.314 e. The van der Waals surface area contributed by atoms with Crippen LogP contribution < -0.4 is 5.32 Å². The van der Waals surface area contributed by atoms with E-state index in [4.69, 9.17) is 4.98 Å². The van der Waals surface area contributed by atoms with Gasteiger partial charge in [-0.3, -0.25) is 0 Å². The molecule has 0 amide bonds. The zero-order chi connectivity index (χ0) is 14.1. The monoisotopic (exact) mass is 370 g/mol. The molecule has 0 saturated carbocycles. The molecule has 1 unspecified atom stereocenters. The van der Waals surface area contributed by atoms with Crippen molar-refractivity contribution in [1.82, 2.24) is 10.3 Å². The van der Waals surface area contributed by atoms with Crippen molar-refractivity contribution in [2.75, 3.05) is 6.54 Å². The van der Waals surface area contributed by atoms with Gasteiger partial charge in [0.05, 0.1) is 14.4 Å². The van der Waals surface area contributed by atoms with E-state index in [1.165, 1.54) is 43.5 Å². The van der Waals surface area contributed by atoms with E-state index >= 15 is 0 Å². The van der Waals surface area contributed by atoms with Crippen molar-refractivity contribution in [3.63, 3.8) is 0 Å². The van der Waals surface area contributed by atoms with Gasteiger partial charge in [0, 0.05) is 23.4 Å². The number of hydrogen-bond donors (Lipinski definition) is 1. The molecule has 0 radical (unpaired) electrons. The number of halogens is 1. The molecule has 108 valence electrons. The Morgan fingerprint density at radius 2 is 2.25 bits per heavy atom. The zero-order valence-corrected chi connectivity index (χ0v) is 15.0. The number of nitrogens with one attached hydrogen (secondary N) is 1. The molecule has 1 aliphatic carbocycles. The summed E-state index contributed by atoms with van der Waals surface area (Å²) in [6, 6.07) is 4.82. The lowest BCUT2D eigenvalue weighted by molar-refractivity contribution is 0.475. The van der Waals surface area contributed by atoms with Crippen LogP contribution in [0.2, 0.25) is 0 Å². The number of aryl methyl sites for hydroxylation is 1. The maximum Gasteiger partial charge on any atom is 0.133 e. The Morgan fingerprint density at radius 3 is 2.95 bits per heavy atom. The summed E-state index contributed by atoms with van der Waals surface area (Å²) >= 11 is 7.20. The van der Waals surface area contributed by atoms with Crippen LogP contribution in [-0.4, -0.2) is 17.6 Å². The van der Waals surface area contributed by atoms with Gasteiger partial charge in [0.15, 0.2) is 0 Å². The molecule has 1 aliphatic rings. The van der Waals surface area contributed by atoms with Crippen molar-refractivity contribution >= 4 is 38.6 Å². The molecule has 1 atom stereocenters. The maximum absolute atomic E-state index is 4.96. The Labute approximate surface area is 136 Å². The first-order valence-electron chi connectivity index (χ1n) is 7.12. The quantitative estimate of drug-likeness (QED) is 0.813. The van der Waals surface area contributed by atoms with Gasteiger partial charge < -0.3 is 5.32 Å². The van der Waals surface area contributed by atoms with E-state index in [1.807, 2.05) is 11.3 Å². The van der Waals surface area contributed by atoms with E-state index in [1.54, 1.807) is 11.3 Å². The summed E-state index contributed by atoms with van der Waals surface area (Å²) in [5, 5.41) is 4.77. The number of fused-ring (bicyclic) bond motifs is 1. The molecular weight excluding hydrogens is 352 g/mol. The van der Waals surface area contributed by atoms with Crippen LogP contribution in [0.3, 0.4) is 0 Å². The first kappa shape index (κ1) is 14.7. The maximum atomic E-state index is 4.96. The van der Waals surface area contributed by atoms with Crippen LogP contribution in [0.5, 0.6) is 0 Å². The Bertz CT molecular complexity index is 588. The van der Waals surface area contributed by atoms with Gasteiger partial charge in [0.1, 0.15) is 5.01 Å². The van der Waals surface area contributed by atoms with Gasteiger partial charge in [-0.2, -0.15) is 0 Å². The van der Waals surface area contributed by atoms with Crippen molar-refractivity contribution in [3.8, 4) is 9.88 Å². The molecular formula is C15H19BrN2S2. The summed E-state index contributed by atoms with van der Waals surface area (Å²) in [4.78, 5) is 7.75. The SMILES string of the molecule is CC(C)NCC1CCCc2sc(-c3ccc(Br)s3)nc21. The van der Waals surface area contributed by atoms with Crippen molar-refractivity contribution < 1.29 is 0 Å².